The summed E-state index contributed by atoms with van der Waals surface area (Å²) in [4.78, 5) is 19.2. The van der Waals surface area contributed by atoms with E-state index in [0.29, 0.717) is 19.8 Å². The fourth-order valence-electron chi connectivity index (χ4n) is 2.97. The van der Waals surface area contributed by atoms with Crippen molar-refractivity contribution in [2.24, 2.45) is 0 Å². The second-order valence-corrected chi connectivity index (χ2v) is 6.09. The van der Waals surface area contributed by atoms with Crippen molar-refractivity contribution in [2.75, 3.05) is 31.2 Å². The lowest BCUT2D eigenvalue weighted by Gasteiger charge is -2.29. The number of amides is 1. The quantitative estimate of drug-likeness (QED) is 0.938. The van der Waals surface area contributed by atoms with Gasteiger partial charge in [-0.05, 0) is 31.5 Å². The molecule has 1 aliphatic rings. The molecule has 5 heteroatoms. The first kappa shape index (κ1) is 16.5. The average molecular weight is 325 g/mol. The molecule has 1 saturated heterocycles. The number of hydrogen-bond donors (Lipinski definition) is 1. The summed E-state index contributed by atoms with van der Waals surface area (Å²) in [5.74, 6) is 0.881. The van der Waals surface area contributed by atoms with Crippen molar-refractivity contribution in [1.82, 2.24) is 10.3 Å². The van der Waals surface area contributed by atoms with Crippen LogP contribution in [-0.2, 0) is 11.3 Å². The molecule has 0 atom stereocenters. The molecular weight excluding hydrogens is 302 g/mol. The Morgan fingerprint density at radius 3 is 2.79 bits per heavy atom. The molecule has 0 spiro atoms. The monoisotopic (exact) mass is 325 g/mol. The first-order valence-corrected chi connectivity index (χ1v) is 8.27. The Balaban J connectivity index is 1.71. The standard InChI is InChI=1S/C19H23N3O2/c1-14-5-6-17(15(2)12-14)19(23)21-13-16-4-3-7-20-18(16)22-8-10-24-11-9-22/h3-7,12H,8-11,13H2,1-2H3,(H,21,23). The summed E-state index contributed by atoms with van der Waals surface area (Å²) in [5, 5.41) is 3.02. The smallest absolute Gasteiger partial charge is 0.251 e. The van der Waals surface area contributed by atoms with Gasteiger partial charge in [-0.2, -0.15) is 0 Å². The zero-order valence-corrected chi connectivity index (χ0v) is 14.2. The van der Waals surface area contributed by atoms with Crippen LogP contribution in [0.1, 0.15) is 27.0 Å². The largest absolute Gasteiger partial charge is 0.378 e. The van der Waals surface area contributed by atoms with E-state index in [1.54, 1.807) is 6.20 Å². The minimum absolute atomic E-state index is 0.0516. The van der Waals surface area contributed by atoms with Crippen molar-refractivity contribution in [3.63, 3.8) is 0 Å². The summed E-state index contributed by atoms with van der Waals surface area (Å²) in [6.07, 6.45) is 1.79. The van der Waals surface area contributed by atoms with Crippen LogP contribution in [0.4, 0.5) is 5.82 Å². The Bertz CT molecular complexity index is 724. The van der Waals surface area contributed by atoms with Crippen molar-refractivity contribution in [3.05, 3.63) is 58.8 Å². The van der Waals surface area contributed by atoms with Gasteiger partial charge < -0.3 is 15.0 Å². The maximum atomic E-state index is 12.5. The molecule has 0 unspecified atom stereocenters. The van der Waals surface area contributed by atoms with Crippen molar-refractivity contribution >= 4 is 11.7 Å². The third-order valence-corrected chi connectivity index (χ3v) is 4.24. The van der Waals surface area contributed by atoms with Gasteiger partial charge in [-0.15, -0.1) is 0 Å². The molecule has 1 N–H and O–H groups in total. The predicted octanol–water partition coefficient (Wildman–Crippen LogP) is 2.47. The number of carbonyl (C=O) groups excluding carboxylic acids is 1. The van der Waals surface area contributed by atoms with E-state index >= 15 is 0 Å². The van der Waals surface area contributed by atoms with Gasteiger partial charge in [0.2, 0.25) is 0 Å². The van der Waals surface area contributed by atoms with E-state index in [4.69, 9.17) is 4.74 Å². The third-order valence-electron chi connectivity index (χ3n) is 4.24. The Morgan fingerprint density at radius 2 is 2.04 bits per heavy atom. The zero-order valence-electron chi connectivity index (χ0n) is 14.2. The first-order chi connectivity index (χ1) is 11.6. The highest BCUT2D eigenvalue weighted by molar-refractivity contribution is 5.95. The number of nitrogens with one attached hydrogen (secondary N) is 1. The number of aryl methyl sites for hydroxylation is 2. The molecule has 1 aromatic carbocycles. The molecule has 2 aromatic rings. The van der Waals surface area contributed by atoms with Gasteiger partial charge in [0.15, 0.2) is 0 Å². The number of hydrogen-bond acceptors (Lipinski definition) is 4. The van der Waals surface area contributed by atoms with Gasteiger partial charge >= 0.3 is 0 Å². The zero-order chi connectivity index (χ0) is 16.9. The normalized spacial score (nSPS) is 14.5. The molecule has 3 rings (SSSR count). The van der Waals surface area contributed by atoms with Gasteiger partial charge in [0.1, 0.15) is 5.82 Å². The Kier molecular flexibility index (Phi) is 5.11. The van der Waals surface area contributed by atoms with Gasteiger partial charge in [-0.25, -0.2) is 4.98 Å². The van der Waals surface area contributed by atoms with Crippen molar-refractivity contribution < 1.29 is 9.53 Å². The molecule has 0 aliphatic carbocycles. The summed E-state index contributed by atoms with van der Waals surface area (Å²) in [6, 6.07) is 9.79. The van der Waals surface area contributed by atoms with Crippen LogP contribution >= 0.6 is 0 Å². The molecule has 5 nitrogen and oxygen atoms in total. The number of benzene rings is 1. The fourth-order valence-corrected chi connectivity index (χ4v) is 2.97. The molecule has 0 saturated carbocycles. The van der Waals surface area contributed by atoms with Crippen LogP contribution in [0.2, 0.25) is 0 Å². The SMILES string of the molecule is Cc1ccc(C(=O)NCc2cccnc2N2CCOCC2)c(C)c1. The Morgan fingerprint density at radius 1 is 1.25 bits per heavy atom. The van der Waals surface area contributed by atoms with Crippen LogP contribution in [0.15, 0.2) is 36.5 Å². The molecule has 24 heavy (non-hydrogen) atoms. The number of carbonyl (C=O) groups is 1. The minimum Gasteiger partial charge on any atom is -0.378 e. The van der Waals surface area contributed by atoms with Crippen LogP contribution in [0.25, 0.3) is 0 Å². The van der Waals surface area contributed by atoms with Crippen molar-refractivity contribution in [1.29, 1.82) is 0 Å². The first-order valence-electron chi connectivity index (χ1n) is 8.27. The lowest BCUT2D eigenvalue weighted by Crippen LogP contribution is -2.37. The maximum absolute atomic E-state index is 12.5. The van der Waals surface area contributed by atoms with Crippen LogP contribution in [-0.4, -0.2) is 37.2 Å². The van der Waals surface area contributed by atoms with Crippen LogP contribution in [0.3, 0.4) is 0 Å². The number of aromatic nitrogens is 1. The number of morpholine rings is 1. The van der Waals surface area contributed by atoms with Gasteiger partial charge in [-0.1, -0.05) is 23.8 Å². The Hall–Kier alpha value is -2.40. The van der Waals surface area contributed by atoms with Crippen LogP contribution in [0.5, 0.6) is 0 Å². The van der Waals surface area contributed by atoms with Gasteiger partial charge in [0.05, 0.1) is 13.2 Å². The minimum atomic E-state index is -0.0516. The summed E-state index contributed by atoms with van der Waals surface area (Å²) in [6.45, 7) is 7.54. The maximum Gasteiger partial charge on any atom is 0.251 e. The van der Waals surface area contributed by atoms with E-state index in [0.717, 1.165) is 41.2 Å². The topological polar surface area (TPSA) is 54.5 Å². The highest BCUT2D eigenvalue weighted by Crippen LogP contribution is 2.18. The van der Waals surface area contributed by atoms with E-state index < -0.39 is 0 Å². The molecule has 0 bridgehead atoms. The van der Waals surface area contributed by atoms with Gasteiger partial charge in [0.25, 0.3) is 5.91 Å². The molecule has 1 aliphatic heterocycles. The number of ether oxygens (including phenoxy) is 1. The summed E-state index contributed by atoms with van der Waals surface area (Å²) in [7, 11) is 0. The second kappa shape index (κ2) is 7.45. The lowest BCUT2D eigenvalue weighted by molar-refractivity contribution is 0.0950. The molecule has 1 amide bonds. The van der Waals surface area contributed by atoms with Gasteiger partial charge in [-0.3, -0.25) is 4.79 Å². The van der Waals surface area contributed by atoms with Crippen LogP contribution in [0, 0.1) is 13.8 Å². The molecule has 1 aromatic heterocycles. The molecular formula is C19H23N3O2. The van der Waals surface area contributed by atoms with Crippen molar-refractivity contribution in [3.8, 4) is 0 Å². The van der Waals surface area contributed by atoms with E-state index in [1.807, 2.05) is 44.2 Å². The lowest BCUT2D eigenvalue weighted by atomic mass is 10.1. The number of nitrogens with zero attached hydrogens (tertiary/aromatic N) is 2. The second-order valence-electron chi connectivity index (χ2n) is 6.09. The highest BCUT2D eigenvalue weighted by atomic mass is 16.5. The fraction of sp³-hybridized carbons (Fsp3) is 0.368. The number of anilines is 1. The predicted molar refractivity (Wildman–Crippen MR) is 94.4 cm³/mol. The summed E-state index contributed by atoms with van der Waals surface area (Å²) in [5.41, 5.74) is 3.90. The number of rotatable bonds is 4. The average Bonchev–Trinajstić information content (AvgIpc) is 2.61. The highest BCUT2D eigenvalue weighted by Gasteiger charge is 2.16. The summed E-state index contributed by atoms with van der Waals surface area (Å²) >= 11 is 0. The molecule has 0 radical (unpaired) electrons. The summed E-state index contributed by atoms with van der Waals surface area (Å²) < 4.78 is 5.40. The van der Waals surface area contributed by atoms with E-state index in [-0.39, 0.29) is 5.91 Å². The molecule has 126 valence electrons. The molecule has 2 heterocycles. The van der Waals surface area contributed by atoms with Crippen molar-refractivity contribution in [2.45, 2.75) is 20.4 Å². The Labute approximate surface area is 142 Å². The van der Waals surface area contributed by atoms with E-state index in [2.05, 4.69) is 15.2 Å². The third kappa shape index (κ3) is 3.74. The van der Waals surface area contributed by atoms with Crippen LogP contribution < -0.4 is 10.2 Å². The van der Waals surface area contributed by atoms with Gasteiger partial charge in [0, 0.05) is 37.0 Å². The molecule has 1 fully saturated rings. The number of pyridine rings is 1. The van der Waals surface area contributed by atoms with E-state index in [1.165, 1.54) is 0 Å². The van der Waals surface area contributed by atoms with E-state index in [9.17, 15) is 4.79 Å².